The second-order valence-electron chi connectivity index (χ2n) is 6.34. The first-order valence-electron chi connectivity index (χ1n) is 8.88. The minimum Gasteiger partial charge on any atom is -0.467 e. The van der Waals surface area contributed by atoms with Gasteiger partial charge in [-0.2, -0.15) is 0 Å². The predicted molar refractivity (Wildman–Crippen MR) is 104 cm³/mol. The number of carbonyl (C=O) groups is 2. The molecule has 3 aromatic rings. The summed E-state index contributed by atoms with van der Waals surface area (Å²) < 4.78 is 7.45. The average Bonchev–Trinajstić information content (AvgIpc) is 3.26. The zero-order chi connectivity index (χ0) is 19.4. The zero-order valence-corrected chi connectivity index (χ0v) is 15.7. The second-order valence-corrected chi connectivity index (χ2v) is 6.34. The molecule has 2 amide bonds. The van der Waals surface area contributed by atoms with Crippen molar-refractivity contribution in [3.8, 4) is 0 Å². The Morgan fingerprint density at radius 3 is 2.59 bits per heavy atom. The third-order valence-electron chi connectivity index (χ3n) is 4.43. The second kappa shape index (κ2) is 7.95. The lowest BCUT2D eigenvalue weighted by Gasteiger charge is -2.09. The van der Waals surface area contributed by atoms with Gasteiger partial charge in [-0.05, 0) is 57.2 Å². The quantitative estimate of drug-likeness (QED) is 0.698. The molecule has 1 aromatic carbocycles. The number of hydrogen-bond donors (Lipinski definition) is 2. The Labute approximate surface area is 158 Å². The van der Waals surface area contributed by atoms with Gasteiger partial charge in [0.25, 0.3) is 11.8 Å². The molecule has 0 bridgehead atoms. The van der Waals surface area contributed by atoms with Gasteiger partial charge in [0.05, 0.1) is 18.4 Å². The number of aromatic nitrogens is 1. The summed E-state index contributed by atoms with van der Waals surface area (Å²) in [5.41, 5.74) is 3.53. The number of benzene rings is 1. The number of hydrogen-bond acceptors (Lipinski definition) is 3. The van der Waals surface area contributed by atoms with E-state index in [9.17, 15) is 9.59 Å². The van der Waals surface area contributed by atoms with Gasteiger partial charge in [0.1, 0.15) is 5.76 Å². The summed E-state index contributed by atoms with van der Waals surface area (Å²) in [5, 5.41) is 5.63. The van der Waals surface area contributed by atoms with E-state index >= 15 is 0 Å². The van der Waals surface area contributed by atoms with Crippen LogP contribution in [0.25, 0.3) is 0 Å². The van der Waals surface area contributed by atoms with Gasteiger partial charge in [-0.3, -0.25) is 9.59 Å². The van der Waals surface area contributed by atoms with Gasteiger partial charge in [-0.1, -0.05) is 6.07 Å². The Kier molecular flexibility index (Phi) is 5.45. The highest BCUT2D eigenvalue weighted by Crippen LogP contribution is 2.19. The van der Waals surface area contributed by atoms with E-state index in [1.807, 2.05) is 43.5 Å². The first-order chi connectivity index (χ1) is 13.0. The fourth-order valence-corrected chi connectivity index (χ4v) is 3.03. The average molecular weight is 365 g/mol. The van der Waals surface area contributed by atoms with Crippen molar-refractivity contribution in [2.24, 2.45) is 0 Å². The van der Waals surface area contributed by atoms with Crippen LogP contribution in [0, 0.1) is 13.8 Å². The molecule has 6 nitrogen and oxygen atoms in total. The van der Waals surface area contributed by atoms with Crippen LogP contribution in [0.2, 0.25) is 0 Å². The van der Waals surface area contributed by atoms with E-state index in [1.54, 1.807) is 30.5 Å². The summed E-state index contributed by atoms with van der Waals surface area (Å²) in [6.07, 6.45) is 1.64. The summed E-state index contributed by atoms with van der Waals surface area (Å²) >= 11 is 0. The van der Waals surface area contributed by atoms with Gasteiger partial charge >= 0.3 is 0 Å². The van der Waals surface area contributed by atoms with Crippen molar-refractivity contribution in [3.63, 3.8) is 0 Å². The van der Waals surface area contributed by atoms with Crippen LogP contribution in [0.5, 0.6) is 0 Å². The monoisotopic (exact) mass is 365 g/mol. The topological polar surface area (TPSA) is 76.3 Å². The molecule has 6 heteroatoms. The minimum atomic E-state index is -0.207. The smallest absolute Gasteiger partial charge is 0.257 e. The zero-order valence-electron chi connectivity index (χ0n) is 15.7. The molecule has 0 aliphatic heterocycles. The normalized spacial score (nSPS) is 10.6. The maximum absolute atomic E-state index is 12.8. The Morgan fingerprint density at radius 1 is 1.07 bits per heavy atom. The molecular formula is C21H23N3O3. The fraction of sp³-hybridized carbons (Fsp3) is 0.238. The van der Waals surface area contributed by atoms with Gasteiger partial charge in [0.15, 0.2) is 0 Å². The van der Waals surface area contributed by atoms with Crippen molar-refractivity contribution in [2.45, 2.75) is 27.3 Å². The molecule has 0 fully saturated rings. The van der Waals surface area contributed by atoms with E-state index in [0.717, 1.165) is 17.1 Å². The SMILES string of the molecule is CCNC(=O)c1cccc(NC(=O)c2cc(C)n(Cc3ccco3)c2C)c1. The number of rotatable bonds is 6. The van der Waals surface area contributed by atoms with Crippen LogP contribution >= 0.6 is 0 Å². The third kappa shape index (κ3) is 4.11. The molecule has 0 saturated carbocycles. The van der Waals surface area contributed by atoms with E-state index in [4.69, 9.17) is 4.42 Å². The largest absolute Gasteiger partial charge is 0.467 e. The van der Waals surface area contributed by atoms with E-state index in [2.05, 4.69) is 10.6 Å². The number of nitrogens with one attached hydrogen (secondary N) is 2. The highest BCUT2D eigenvalue weighted by Gasteiger charge is 2.17. The van der Waals surface area contributed by atoms with Crippen LogP contribution in [-0.2, 0) is 6.54 Å². The summed E-state index contributed by atoms with van der Waals surface area (Å²) in [6.45, 7) is 6.86. The Balaban J connectivity index is 1.79. The molecule has 27 heavy (non-hydrogen) atoms. The molecule has 2 aromatic heterocycles. The van der Waals surface area contributed by atoms with Crippen LogP contribution in [0.4, 0.5) is 5.69 Å². The number of anilines is 1. The summed E-state index contributed by atoms with van der Waals surface area (Å²) in [6, 6.07) is 12.5. The first kappa shape index (κ1) is 18.5. The van der Waals surface area contributed by atoms with Gasteiger partial charge in [0.2, 0.25) is 0 Å². The Morgan fingerprint density at radius 2 is 1.89 bits per heavy atom. The molecule has 3 rings (SSSR count). The summed E-state index contributed by atoms with van der Waals surface area (Å²) in [5.74, 6) is 0.463. The number of aryl methyl sites for hydroxylation is 1. The van der Waals surface area contributed by atoms with Crippen LogP contribution in [0.15, 0.2) is 53.1 Å². The minimum absolute atomic E-state index is 0.162. The van der Waals surface area contributed by atoms with Gasteiger partial charge < -0.3 is 19.6 Å². The van der Waals surface area contributed by atoms with Crippen molar-refractivity contribution >= 4 is 17.5 Å². The molecule has 0 aliphatic carbocycles. The van der Waals surface area contributed by atoms with E-state index in [1.165, 1.54) is 0 Å². The molecular weight excluding hydrogens is 342 g/mol. The van der Waals surface area contributed by atoms with Gasteiger partial charge in [-0.15, -0.1) is 0 Å². The lowest BCUT2D eigenvalue weighted by Crippen LogP contribution is -2.22. The third-order valence-corrected chi connectivity index (χ3v) is 4.43. The Bertz CT molecular complexity index is 955. The molecule has 2 N–H and O–H groups in total. The Hall–Kier alpha value is -3.28. The van der Waals surface area contributed by atoms with Crippen LogP contribution in [-0.4, -0.2) is 22.9 Å². The molecule has 0 saturated heterocycles. The number of amides is 2. The molecule has 0 unspecified atom stereocenters. The maximum Gasteiger partial charge on any atom is 0.257 e. The first-order valence-corrected chi connectivity index (χ1v) is 8.88. The van der Waals surface area contributed by atoms with Crippen LogP contribution in [0.1, 0.15) is 44.8 Å². The van der Waals surface area contributed by atoms with Crippen molar-refractivity contribution in [1.82, 2.24) is 9.88 Å². The van der Waals surface area contributed by atoms with Crippen molar-refractivity contribution < 1.29 is 14.0 Å². The molecule has 140 valence electrons. The highest BCUT2D eigenvalue weighted by atomic mass is 16.3. The highest BCUT2D eigenvalue weighted by molar-refractivity contribution is 6.06. The van der Waals surface area contributed by atoms with Gasteiger partial charge in [-0.25, -0.2) is 0 Å². The van der Waals surface area contributed by atoms with Crippen LogP contribution < -0.4 is 10.6 Å². The fourth-order valence-electron chi connectivity index (χ4n) is 3.03. The van der Waals surface area contributed by atoms with Crippen molar-refractivity contribution in [1.29, 1.82) is 0 Å². The van der Waals surface area contributed by atoms with Gasteiger partial charge in [0, 0.05) is 29.2 Å². The predicted octanol–water partition coefficient (Wildman–Crippen LogP) is 3.75. The van der Waals surface area contributed by atoms with E-state index < -0.39 is 0 Å². The van der Waals surface area contributed by atoms with E-state index in [0.29, 0.717) is 29.9 Å². The molecule has 0 radical (unpaired) electrons. The lowest BCUT2D eigenvalue weighted by atomic mass is 10.1. The number of furan rings is 1. The molecule has 0 aliphatic rings. The summed E-state index contributed by atoms with van der Waals surface area (Å²) in [4.78, 5) is 24.7. The van der Waals surface area contributed by atoms with E-state index in [-0.39, 0.29) is 11.8 Å². The lowest BCUT2D eigenvalue weighted by molar-refractivity contribution is 0.0954. The summed E-state index contributed by atoms with van der Waals surface area (Å²) in [7, 11) is 0. The number of carbonyl (C=O) groups excluding carboxylic acids is 2. The van der Waals surface area contributed by atoms with Crippen molar-refractivity contribution in [3.05, 3.63) is 77.0 Å². The maximum atomic E-state index is 12.8. The standard InChI is InChI=1S/C21H23N3O3/c1-4-22-20(25)16-7-5-8-17(12-16)23-21(26)19-11-14(2)24(15(19)3)13-18-9-6-10-27-18/h5-12H,4,13H2,1-3H3,(H,22,25)(H,23,26). The van der Waals surface area contributed by atoms with Crippen LogP contribution in [0.3, 0.4) is 0 Å². The van der Waals surface area contributed by atoms with Crippen molar-refractivity contribution in [2.75, 3.05) is 11.9 Å². The molecule has 0 atom stereocenters. The molecule has 2 heterocycles. The molecule has 0 spiro atoms. The number of nitrogens with zero attached hydrogens (tertiary/aromatic N) is 1.